The average Bonchev–Trinajstić information content (AvgIpc) is 3.13. The topological polar surface area (TPSA) is 15.6 Å². The third-order valence-corrected chi connectivity index (χ3v) is 7.56. The molecule has 1 aromatic rings. The second-order valence-electron chi connectivity index (χ2n) is 8.86. The molecule has 2 aliphatic rings. The van der Waals surface area contributed by atoms with E-state index < -0.39 is 12.3 Å². The van der Waals surface area contributed by atoms with Crippen LogP contribution in [-0.4, -0.2) is 42.6 Å². The van der Waals surface area contributed by atoms with Gasteiger partial charge in [-0.3, -0.25) is 9.89 Å². The molecular formula is C24H34F4N2S. The zero-order valence-corrected chi connectivity index (χ0v) is 19.4. The highest BCUT2D eigenvalue weighted by atomic mass is 32.1. The van der Waals surface area contributed by atoms with E-state index in [1.807, 2.05) is 18.7 Å². The lowest BCUT2D eigenvalue weighted by atomic mass is 9.88. The minimum Gasteiger partial charge on any atom is -0.297 e. The van der Waals surface area contributed by atoms with Crippen LogP contribution in [0.4, 0.5) is 17.6 Å². The number of piperidine rings is 1. The van der Waals surface area contributed by atoms with Crippen molar-refractivity contribution in [1.29, 1.82) is 0 Å². The molecule has 1 saturated heterocycles. The van der Waals surface area contributed by atoms with Crippen molar-refractivity contribution in [1.82, 2.24) is 4.90 Å². The Labute approximate surface area is 187 Å². The number of rotatable bonds is 8. The molecule has 2 heterocycles. The van der Waals surface area contributed by atoms with Crippen LogP contribution in [0.5, 0.6) is 0 Å². The second kappa shape index (κ2) is 11.1. The molecule has 2 fully saturated rings. The molecule has 0 N–H and O–H groups in total. The largest absolute Gasteiger partial charge is 0.297 e. The van der Waals surface area contributed by atoms with Gasteiger partial charge in [0.25, 0.3) is 12.3 Å². The molecule has 1 aliphatic heterocycles. The number of unbranched alkanes of at least 4 members (excludes halogenated alkanes) is 1. The number of halogens is 4. The first-order valence-electron chi connectivity index (χ1n) is 11.6. The number of hydrogen-bond donors (Lipinski definition) is 0. The van der Waals surface area contributed by atoms with E-state index >= 15 is 0 Å². The molecule has 174 valence electrons. The molecule has 0 unspecified atom stereocenters. The summed E-state index contributed by atoms with van der Waals surface area (Å²) in [5.74, 6) is -2.10. The van der Waals surface area contributed by atoms with Gasteiger partial charge in [0, 0.05) is 47.8 Å². The monoisotopic (exact) mass is 458 g/mol. The average molecular weight is 459 g/mol. The van der Waals surface area contributed by atoms with Gasteiger partial charge in [-0.2, -0.15) is 0 Å². The highest BCUT2D eigenvalue weighted by molar-refractivity contribution is 7.12. The van der Waals surface area contributed by atoms with E-state index in [-0.39, 0.29) is 31.6 Å². The van der Waals surface area contributed by atoms with Crippen molar-refractivity contribution in [3.05, 3.63) is 33.2 Å². The molecule has 2 nitrogen and oxygen atoms in total. The molecule has 1 aromatic heterocycles. The van der Waals surface area contributed by atoms with Crippen LogP contribution in [-0.2, 0) is 0 Å². The van der Waals surface area contributed by atoms with Gasteiger partial charge < -0.3 is 0 Å². The van der Waals surface area contributed by atoms with Crippen LogP contribution in [0.2, 0.25) is 0 Å². The van der Waals surface area contributed by atoms with Gasteiger partial charge in [-0.25, -0.2) is 17.6 Å². The first kappa shape index (κ1) is 24.4. The summed E-state index contributed by atoms with van der Waals surface area (Å²) in [4.78, 5) is 8.75. The van der Waals surface area contributed by atoms with Crippen molar-refractivity contribution in [3.63, 3.8) is 0 Å². The first-order chi connectivity index (χ1) is 14.8. The van der Waals surface area contributed by atoms with Gasteiger partial charge in [-0.15, -0.1) is 11.3 Å². The number of allylic oxidation sites excluding steroid dienone is 2. The zero-order valence-electron chi connectivity index (χ0n) is 18.6. The minimum atomic E-state index is -2.65. The normalized spacial score (nSPS) is 21.8. The van der Waals surface area contributed by atoms with Gasteiger partial charge in [0.2, 0.25) is 0 Å². The molecule has 0 amide bonds. The SMILES string of the molecule is CCC/C=C(/N=C(CN1CCC(F)(F)CC1)c1cc(C2CCCCC2)sc1C)C(F)F. The molecule has 1 saturated carbocycles. The predicted molar refractivity (Wildman–Crippen MR) is 121 cm³/mol. The molecule has 0 radical (unpaired) electrons. The summed E-state index contributed by atoms with van der Waals surface area (Å²) < 4.78 is 54.6. The Morgan fingerprint density at radius 3 is 2.52 bits per heavy atom. The quantitative estimate of drug-likeness (QED) is 0.290. The third-order valence-electron chi connectivity index (χ3n) is 6.35. The second-order valence-corrected chi connectivity index (χ2v) is 10.2. The van der Waals surface area contributed by atoms with Crippen molar-refractivity contribution >= 4 is 17.0 Å². The number of hydrogen-bond acceptors (Lipinski definition) is 3. The van der Waals surface area contributed by atoms with Crippen LogP contribution in [0, 0.1) is 6.92 Å². The minimum absolute atomic E-state index is 0.191. The molecular weight excluding hydrogens is 424 g/mol. The van der Waals surface area contributed by atoms with Crippen LogP contribution < -0.4 is 0 Å². The van der Waals surface area contributed by atoms with Crippen molar-refractivity contribution in [2.75, 3.05) is 19.6 Å². The van der Waals surface area contributed by atoms with E-state index in [9.17, 15) is 17.6 Å². The number of likely N-dealkylation sites (tertiary alicyclic amines) is 1. The van der Waals surface area contributed by atoms with Crippen molar-refractivity contribution in [3.8, 4) is 0 Å². The number of aryl methyl sites for hydroxylation is 1. The smallest absolute Gasteiger partial charge is 0.280 e. The van der Waals surface area contributed by atoms with E-state index in [0.29, 0.717) is 24.6 Å². The number of aliphatic imine (C=N–C) groups is 1. The van der Waals surface area contributed by atoms with E-state index in [1.165, 1.54) is 43.1 Å². The molecule has 1 aliphatic carbocycles. The Hall–Kier alpha value is -1.21. The summed E-state index contributed by atoms with van der Waals surface area (Å²) in [7, 11) is 0. The lowest BCUT2D eigenvalue weighted by Crippen LogP contribution is -2.42. The maximum absolute atomic E-state index is 13.7. The highest BCUT2D eigenvalue weighted by Crippen LogP contribution is 2.38. The third kappa shape index (κ3) is 6.88. The maximum Gasteiger partial charge on any atom is 0.280 e. The van der Waals surface area contributed by atoms with Crippen LogP contribution >= 0.6 is 11.3 Å². The molecule has 0 spiro atoms. The highest BCUT2D eigenvalue weighted by Gasteiger charge is 2.34. The first-order valence-corrected chi connectivity index (χ1v) is 12.4. The number of nitrogens with zero attached hydrogens (tertiary/aromatic N) is 2. The lowest BCUT2D eigenvalue weighted by molar-refractivity contribution is -0.0523. The molecule has 3 rings (SSSR count). The Balaban J connectivity index is 1.90. The van der Waals surface area contributed by atoms with Gasteiger partial charge in [0.05, 0.1) is 5.71 Å². The number of alkyl halides is 4. The summed E-state index contributed by atoms with van der Waals surface area (Å²) in [5.41, 5.74) is 1.29. The predicted octanol–water partition coefficient (Wildman–Crippen LogP) is 7.57. The Morgan fingerprint density at radius 1 is 1.23 bits per heavy atom. The van der Waals surface area contributed by atoms with Crippen LogP contribution in [0.3, 0.4) is 0 Å². The van der Waals surface area contributed by atoms with Gasteiger partial charge in [0.15, 0.2) is 0 Å². The standard InChI is InChI=1S/C24H34F4N2S/c1-3-4-10-20(23(25)26)29-21(16-30-13-11-24(27,28)12-14-30)19-15-22(31-17(19)2)18-8-6-5-7-9-18/h10,15,18,23H,3-9,11-14,16H2,1-2H3/b20-10+,29-21?. The van der Waals surface area contributed by atoms with Crippen LogP contribution in [0.15, 0.2) is 22.8 Å². The van der Waals surface area contributed by atoms with Gasteiger partial charge >= 0.3 is 0 Å². The van der Waals surface area contributed by atoms with Crippen LogP contribution in [0.25, 0.3) is 0 Å². The molecule has 0 atom stereocenters. The fourth-order valence-electron chi connectivity index (χ4n) is 4.44. The fourth-order valence-corrected chi connectivity index (χ4v) is 5.66. The Kier molecular flexibility index (Phi) is 8.74. The summed E-state index contributed by atoms with van der Waals surface area (Å²) in [6, 6.07) is 2.14. The van der Waals surface area contributed by atoms with E-state index in [4.69, 9.17) is 0 Å². The van der Waals surface area contributed by atoms with Gasteiger partial charge in [-0.1, -0.05) is 38.7 Å². The van der Waals surface area contributed by atoms with Crippen molar-refractivity contribution in [2.45, 2.75) is 89.9 Å². The van der Waals surface area contributed by atoms with Gasteiger partial charge in [-0.05, 0) is 38.2 Å². The summed E-state index contributed by atoms with van der Waals surface area (Å²) in [5, 5.41) is 0. The summed E-state index contributed by atoms with van der Waals surface area (Å²) >= 11 is 1.74. The number of thiophene rings is 1. The van der Waals surface area contributed by atoms with E-state index in [1.54, 1.807) is 11.3 Å². The Bertz CT molecular complexity index is 769. The molecule has 7 heteroatoms. The van der Waals surface area contributed by atoms with Crippen molar-refractivity contribution in [2.24, 2.45) is 4.99 Å². The lowest BCUT2D eigenvalue weighted by Gasteiger charge is -2.32. The van der Waals surface area contributed by atoms with E-state index in [2.05, 4.69) is 11.1 Å². The zero-order chi connectivity index (χ0) is 22.4. The summed E-state index contributed by atoms with van der Waals surface area (Å²) in [6.07, 6.45) is 5.88. The fraction of sp³-hybridized carbons (Fsp3) is 0.708. The van der Waals surface area contributed by atoms with Crippen molar-refractivity contribution < 1.29 is 17.6 Å². The van der Waals surface area contributed by atoms with Gasteiger partial charge in [0.1, 0.15) is 5.70 Å². The molecule has 0 aromatic carbocycles. The van der Waals surface area contributed by atoms with Crippen LogP contribution in [0.1, 0.15) is 85.9 Å². The maximum atomic E-state index is 13.7. The molecule has 0 bridgehead atoms. The molecule has 31 heavy (non-hydrogen) atoms. The summed E-state index contributed by atoms with van der Waals surface area (Å²) in [6.45, 7) is 4.80. The van der Waals surface area contributed by atoms with E-state index in [0.717, 1.165) is 16.9 Å². The Morgan fingerprint density at radius 2 is 1.90 bits per heavy atom.